The molecule has 2 aliphatic carbocycles. The van der Waals surface area contributed by atoms with E-state index < -0.39 is 0 Å². The predicted octanol–water partition coefficient (Wildman–Crippen LogP) is 1.47. The second-order valence-corrected chi connectivity index (χ2v) is 6.65. The number of aliphatic hydroxyl groups excluding tert-OH is 1. The van der Waals surface area contributed by atoms with E-state index in [0.717, 1.165) is 30.3 Å². The molecule has 2 N–H and O–H groups in total. The minimum atomic E-state index is 0.332. The summed E-state index contributed by atoms with van der Waals surface area (Å²) in [6, 6.07) is 0.797. The first kappa shape index (κ1) is 12.9. The average Bonchev–Trinajstić information content (AvgIpc) is 3.02. The van der Waals surface area contributed by atoms with E-state index in [1.807, 2.05) is 0 Å². The molecule has 2 bridgehead atoms. The highest BCUT2D eigenvalue weighted by Crippen LogP contribution is 2.46. The van der Waals surface area contributed by atoms with E-state index in [0.29, 0.717) is 6.61 Å². The van der Waals surface area contributed by atoms with Crippen molar-refractivity contribution < 1.29 is 5.11 Å². The molecule has 1 saturated heterocycles. The van der Waals surface area contributed by atoms with Crippen LogP contribution in [0.1, 0.15) is 38.5 Å². The summed E-state index contributed by atoms with van der Waals surface area (Å²) in [5.41, 5.74) is 0. The van der Waals surface area contributed by atoms with Gasteiger partial charge in [0.15, 0.2) is 0 Å². The summed E-state index contributed by atoms with van der Waals surface area (Å²) < 4.78 is 0. The van der Waals surface area contributed by atoms with E-state index in [1.54, 1.807) is 0 Å². The van der Waals surface area contributed by atoms with E-state index in [2.05, 4.69) is 10.2 Å². The first-order valence-corrected chi connectivity index (χ1v) is 7.92. The van der Waals surface area contributed by atoms with Gasteiger partial charge in [-0.2, -0.15) is 0 Å². The second kappa shape index (κ2) is 5.89. The summed E-state index contributed by atoms with van der Waals surface area (Å²) in [5, 5.41) is 12.8. The van der Waals surface area contributed by atoms with Crippen LogP contribution in [0.25, 0.3) is 0 Å². The summed E-state index contributed by atoms with van der Waals surface area (Å²) in [5.74, 6) is 2.81. The topological polar surface area (TPSA) is 35.5 Å². The number of rotatable bonds is 5. The molecule has 0 radical (unpaired) electrons. The maximum absolute atomic E-state index is 9.34. The van der Waals surface area contributed by atoms with Crippen molar-refractivity contribution in [2.75, 3.05) is 32.8 Å². The fourth-order valence-corrected chi connectivity index (χ4v) is 4.58. The molecule has 0 spiro atoms. The standard InChI is InChI=1S/C15H28N2O/c18-8-7-17(11-12-3-5-16-6-4-12)15-10-13-1-2-14(15)9-13/h12-16,18H,1-11H2. The molecule has 3 heteroatoms. The third-order valence-electron chi connectivity index (χ3n) is 5.51. The molecule has 3 rings (SSSR count). The minimum absolute atomic E-state index is 0.332. The maximum Gasteiger partial charge on any atom is 0.0558 e. The number of fused-ring (bicyclic) bond motifs is 2. The second-order valence-electron chi connectivity index (χ2n) is 6.65. The van der Waals surface area contributed by atoms with Gasteiger partial charge in [-0.1, -0.05) is 6.42 Å². The molecule has 0 aromatic rings. The van der Waals surface area contributed by atoms with Crippen LogP contribution in [0.5, 0.6) is 0 Å². The highest BCUT2D eigenvalue weighted by molar-refractivity contribution is 4.95. The fourth-order valence-electron chi connectivity index (χ4n) is 4.58. The van der Waals surface area contributed by atoms with Gasteiger partial charge in [0, 0.05) is 19.1 Å². The molecule has 3 atom stereocenters. The predicted molar refractivity (Wildman–Crippen MR) is 73.5 cm³/mol. The SMILES string of the molecule is OCCN(CC1CCNCC1)C1CC2CCC1C2. The van der Waals surface area contributed by atoms with E-state index >= 15 is 0 Å². The van der Waals surface area contributed by atoms with Crippen molar-refractivity contribution in [1.82, 2.24) is 10.2 Å². The van der Waals surface area contributed by atoms with Gasteiger partial charge in [0.2, 0.25) is 0 Å². The molecule has 2 saturated carbocycles. The number of hydrogen-bond acceptors (Lipinski definition) is 3. The maximum atomic E-state index is 9.34. The lowest BCUT2D eigenvalue weighted by Crippen LogP contribution is -2.45. The lowest BCUT2D eigenvalue weighted by Gasteiger charge is -2.37. The van der Waals surface area contributed by atoms with Gasteiger partial charge in [0.05, 0.1) is 6.61 Å². The van der Waals surface area contributed by atoms with Crippen LogP contribution in [0.4, 0.5) is 0 Å². The lowest BCUT2D eigenvalue weighted by molar-refractivity contribution is 0.0898. The van der Waals surface area contributed by atoms with Crippen molar-refractivity contribution in [2.45, 2.75) is 44.6 Å². The summed E-state index contributed by atoms with van der Waals surface area (Å²) in [4.78, 5) is 2.64. The molecule has 0 aromatic heterocycles. The van der Waals surface area contributed by atoms with Gasteiger partial charge in [-0.05, 0) is 62.9 Å². The van der Waals surface area contributed by atoms with Crippen molar-refractivity contribution in [3.63, 3.8) is 0 Å². The molecule has 1 aliphatic heterocycles. The Labute approximate surface area is 111 Å². The van der Waals surface area contributed by atoms with Gasteiger partial charge < -0.3 is 10.4 Å². The number of nitrogens with zero attached hydrogens (tertiary/aromatic N) is 1. The monoisotopic (exact) mass is 252 g/mol. The minimum Gasteiger partial charge on any atom is -0.395 e. The van der Waals surface area contributed by atoms with Crippen LogP contribution < -0.4 is 5.32 Å². The molecular formula is C15H28N2O. The zero-order valence-electron chi connectivity index (χ0n) is 11.5. The first-order chi connectivity index (χ1) is 8.86. The van der Waals surface area contributed by atoms with Crippen molar-refractivity contribution in [3.05, 3.63) is 0 Å². The molecule has 3 nitrogen and oxygen atoms in total. The van der Waals surface area contributed by atoms with Gasteiger partial charge in [-0.15, -0.1) is 0 Å². The Kier molecular flexibility index (Phi) is 4.22. The molecule has 18 heavy (non-hydrogen) atoms. The van der Waals surface area contributed by atoms with E-state index in [4.69, 9.17) is 0 Å². The zero-order chi connectivity index (χ0) is 12.4. The van der Waals surface area contributed by atoms with Crippen molar-refractivity contribution in [3.8, 4) is 0 Å². The Morgan fingerprint density at radius 2 is 1.89 bits per heavy atom. The van der Waals surface area contributed by atoms with Crippen LogP contribution >= 0.6 is 0 Å². The van der Waals surface area contributed by atoms with E-state index in [1.165, 1.54) is 58.2 Å². The molecule has 0 aromatic carbocycles. The Balaban J connectivity index is 1.57. The normalized spacial score (nSPS) is 36.7. The lowest BCUT2D eigenvalue weighted by atomic mass is 9.91. The highest BCUT2D eigenvalue weighted by Gasteiger charge is 2.42. The Morgan fingerprint density at radius 3 is 2.50 bits per heavy atom. The molecule has 3 fully saturated rings. The van der Waals surface area contributed by atoms with Gasteiger partial charge in [0.1, 0.15) is 0 Å². The van der Waals surface area contributed by atoms with Crippen LogP contribution in [0.2, 0.25) is 0 Å². The molecular weight excluding hydrogens is 224 g/mol. The Bertz CT molecular complexity index is 265. The summed E-state index contributed by atoms with van der Waals surface area (Å²) in [6.07, 6.45) is 8.45. The van der Waals surface area contributed by atoms with Gasteiger partial charge in [-0.3, -0.25) is 4.90 Å². The van der Waals surface area contributed by atoms with Crippen LogP contribution in [0, 0.1) is 17.8 Å². The third kappa shape index (κ3) is 2.73. The average molecular weight is 252 g/mol. The van der Waals surface area contributed by atoms with Gasteiger partial charge in [0.25, 0.3) is 0 Å². The fraction of sp³-hybridized carbons (Fsp3) is 1.00. The number of aliphatic hydroxyl groups is 1. The summed E-state index contributed by atoms with van der Waals surface area (Å²) >= 11 is 0. The largest absolute Gasteiger partial charge is 0.395 e. The van der Waals surface area contributed by atoms with Crippen LogP contribution in [0.15, 0.2) is 0 Å². The van der Waals surface area contributed by atoms with Gasteiger partial charge in [-0.25, -0.2) is 0 Å². The Morgan fingerprint density at radius 1 is 1.06 bits per heavy atom. The molecule has 1 heterocycles. The highest BCUT2D eigenvalue weighted by atomic mass is 16.3. The number of piperidine rings is 1. The Hall–Kier alpha value is -0.120. The summed E-state index contributed by atoms with van der Waals surface area (Å²) in [7, 11) is 0. The van der Waals surface area contributed by atoms with Crippen molar-refractivity contribution in [1.29, 1.82) is 0 Å². The van der Waals surface area contributed by atoms with E-state index in [9.17, 15) is 5.11 Å². The molecule has 104 valence electrons. The molecule has 0 amide bonds. The number of nitrogens with one attached hydrogen (secondary N) is 1. The van der Waals surface area contributed by atoms with Crippen molar-refractivity contribution >= 4 is 0 Å². The van der Waals surface area contributed by atoms with E-state index in [-0.39, 0.29) is 0 Å². The molecule has 3 aliphatic rings. The third-order valence-corrected chi connectivity index (χ3v) is 5.51. The van der Waals surface area contributed by atoms with Crippen LogP contribution in [-0.4, -0.2) is 48.8 Å². The first-order valence-electron chi connectivity index (χ1n) is 7.92. The van der Waals surface area contributed by atoms with Crippen LogP contribution in [-0.2, 0) is 0 Å². The summed E-state index contributed by atoms with van der Waals surface area (Å²) in [6.45, 7) is 4.84. The van der Waals surface area contributed by atoms with Gasteiger partial charge >= 0.3 is 0 Å². The smallest absolute Gasteiger partial charge is 0.0558 e. The van der Waals surface area contributed by atoms with Crippen molar-refractivity contribution in [2.24, 2.45) is 17.8 Å². The molecule has 3 unspecified atom stereocenters. The number of hydrogen-bond donors (Lipinski definition) is 2. The quantitative estimate of drug-likeness (QED) is 0.778. The van der Waals surface area contributed by atoms with Crippen LogP contribution in [0.3, 0.4) is 0 Å². The zero-order valence-corrected chi connectivity index (χ0v) is 11.5.